The normalized spacial score (nSPS) is 19.7. The maximum Gasteiger partial charge on any atom is 0.253 e. The van der Waals surface area contributed by atoms with Crippen molar-refractivity contribution in [1.29, 1.82) is 0 Å². The van der Waals surface area contributed by atoms with Gasteiger partial charge in [-0.15, -0.1) is 11.3 Å². The minimum atomic E-state index is -0.336. The predicted molar refractivity (Wildman–Crippen MR) is 77.4 cm³/mol. The monoisotopic (exact) mass is 282 g/mol. The van der Waals surface area contributed by atoms with Crippen LogP contribution in [0.3, 0.4) is 0 Å². The average Bonchev–Trinajstić information content (AvgIpc) is 2.81. The molecule has 1 aromatic heterocycles. The molecule has 1 aliphatic heterocycles. The van der Waals surface area contributed by atoms with Crippen molar-refractivity contribution < 1.29 is 9.53 Å². The molecule has 1 atom stereocenters. The molecule has 0 aromatic carbocycles. The zero-order chi connectivity index (χ0) is 13.8. The van der Waals surface area contributed by atoms with E-state index in [2.05, 4.69) is 38.2 Å². The summed E-state index contributed by atoms with van der Waals surface area (Å²) in [7, 11) is 0. The van der Waals surface area contributed by atoms with E-state index in [-0.39, 0.29) is 18.1 Å². The quantitative estimate of drug-likeness (QED) is 0.915. The van der Waals surface area contributed by atoms with Gasteiger partial charge >= 0.3 is 0 Å². The zero-order valence-corrected chi connectivity index (χ0v) is 12.6. The van der Waals surface area contributed by atoms with Crippen molar-refractivity contribution in [3.63, 3.8) is 0 Å². The molecule has 1 amide bonds. The Bertz CT molecular complexity index is 425. The summed E-state index contributed by atoms with van der Waals surface area (Å²) < 4.78 is 5.56. The van der Waals surface area contributed by atoms with Crippen LogP contribution in [0.2, 0.25) is 0 Å². The highest BCUT2D eigenvalue weighted by molar-refractivity contribution is 7.11. The number of carbonyl (C=O) groups excluding carboxylic acids is 1. The van der Waals surface area contributed by atoms with Gasteiger partial charge < -0.3 is 15.0 Å². The number of nitrogens with zero attached hydrogens (tertiary/aromatic N) is 1. The van der Waals surface area contributed by atoms with E-state index >= 15 is 0 Å². The fourth-order valence-electron chi connectivity index (χ4n) is 2.16. The molecule has 5 heteroatoms. The lowest BCUT2D eigenvalue weighted by molar-refractivity contribution is -0.147. The summed E-state index contributed by atoms with van der Waals surface area (Å²) in [6.07, 6.45) is -0.336. The van der Waals surface area contributed by atoms with E-state index in [9.17, 15) is 4.79 Å². The largest absolute Gasteiger partial charge is 0.366 e. The van der Waals surface area contributed by atoms with Crippen molar-refractivity contribution in [3.05, 3.63) is 21.9 Å². The van der Waals surface area contributed by atoms with Gasteiger partial charge in [-0.1, -0.05) is 0 Å². The Balaban J connectivity index is 2.04. The van der Waals surface area contributed by atoms with Gasteiger partial charge in [0.25, 0.3) is 5.91 Å². The van der Waals surface area contributed by atoms with E-state index in [1.807, 2.05) is 4.90 Å². The number of aryl methyl sites for hydroxylation is 1. The number of hydrogen-bond donors (Lipinski definition) is 1. The topological polar surface area (TPSA) is 41.6 Å². The average molecular weight is 282 g/mol. The van der Waals surface area contributed by atoms with Gasteiger partial charge in [0.1, 0.15) is 6.10 Å². The molecule has 0 aliphatic carbocycles. The van der Waals surface area contributed by atoms with Gasteiger partial charge in [-0.05, 0) is 32.9 Å². The first-order valence-electron chi connectivity index (χ1n) is 6.76. The third-order valence-electron chi connectivity index (χ3n) is 3.23. The summed E-state index contributed by atoms with van der Waals surface area (Å²) in [6, 6.07) is 4.38. The van der Waals surface area contributed by atoms with Crippen LogP contribution in [0, 0.1) is 6.92 Å². The first kappa shape index (κ1) is 14.5. The molecule has 2 rings (SSSR count). The molecule has 1 fully saturated rings. The Hall–Kier alpha value is -0.910. The van der Waals surface area contributed by atoms with Gasteiger partial charge in [0.15, 0.2) is 0 Å². The molecule has 106 valence electrons. The van der Waals surface area contributed by atoms with E-state index in [1.54, 1.807) is 11.3 Å². The van der Waals surface area contributed by atoms with Crippen LogP contribution in [0.25, 0.3) is 0 Å². The Morgan fingerprint density at radius 3 is 2.89 bits per heavy atom. The first-order valence-corrected chi connectivity index (χ1v) is 7.57. The standard InChI is InChI=1S/C14H22N2O2S/c1-10(2)16(9-12-5-4-11(3)19-12)14(17)13-8-15-6-7-18-13/h4-5,10,13,15H,6-9H2,1-3H3. The molecule has 0 saturated carbocycles. The molecular weight excluding hydrogens is 260 g/mol. The molecule has 1 aliphatic rings. The molecule has 0 radical (unpaired) electrons. The van der Waals surface area contributed by atoms with Gasteiger partial charge in [-0.2, -0.15) is 0 Å². The Morgan fingerprint density at radius 1 is 1.58 bits per heavy atom. The maximum atomic E-state index is 12.5. The van der Waals surface area contributed by atoms with Gasteiger partial charge in [-0.25, -0.2) is 0 Å². The van der Waals surface area contributed by atoms with Crippen LogP contribution in [0.1, 0.15) is 23.6 Å². The second-order valence-corrected chi connectivity index (χ2v) is 6.51. The minimum absolute atomic E-state index is 0.0910. The fraction of sp³-hybridized carbons (Fsp3) is 0.643. The third-order valence-corrected chi connectivity index (χ3v) is 4.22. The summed E-state index contributed by atoms with van der Waals surface area (Å²) in [5.74, 6) is 0.0910. The van der Waals surface area contributed by atoms with Crippen LogP contribution in [-0.4, -0.2) is 42.6 Å². The van der Waals surface area contributed by atoms with E-state index in [0.717, 1.165) is 6.54 Å². The zero-order valence-electron chi connectivity index (χ0n) is 11.8. The lowest BCUT2D eigenvalue weighted by atomic mass is 10.2. The first-order chi connectivity index (χ1) is 9.08. The van der Waals surface area contributed by atoms with Crippen molar-refractivity contribution in [2.75, 3.05) is 19.7 Å². The number of ether oxygens (including phenoxy) is 1. The predicted octanol–water partition coefficient (Wildman–Crippen LogP) is 1.78. The summed E-state index contributed by atoms with van der Waals surface area (Å²) >= 11 is 1.75. The molecule has 2 heterocycles. The summed E-state index contributed by atoms with van der Waals surface area (Å²) in [5.41, 5.74) is 0. The molecule has 1 saturated heterocycles. The number of carbonyl (C=O) groups is 1. The minimum Gasteiger partial charge on any atom is -0.366 e. The molecule has 1 aromatic rings. The SMILES string of the molecule is Cc1ccc(CN(C(=O)C2CNCCO2)C(C)C)s1. The highest BCUT2D eigenvalue weighted by atomic mass is 32.1. The Morgan fingerprint density at radius 2 is 2.37 bits per heavy atom. The number of hydrogen-bond acceptors (Lipinski definition) is 4. The van der Waals surface area contributed by atoms with Crippen LogP contribution < -0.4 is 5.32 Å². The molecule has 0 spiro atoms. The van der Waals surface area contributed by atoms with Crippen LogP contribution in [-0.2, 0) is 16.1 Å². The lowest BCUT2D eigenvalue weighted by Crippen LogP contribution is -2.50. The van der Waals surface area contributed by atoms with E-state index in [1.165, 1.54) is 9.75 Å². The van der Waals surface area contributed by atoms with E-state index in [4.69, 9.17) is 4.74 Å². The number of amides is 1. The van der Waals surface area contributed by atoms with E-state index < -0.39 is 0 Å². The maximum absolute atomic E-state index is 12.5. The number of morpholine rings is 1. The summed E-state index contributed by atoms with van der Waals surface area (Å²) in [6.45, 7) is 8.92. The van der Waals surface area contributed by atoms with Crippen molar-refractivity contribution >= 4 is 17.2 Å². The Labute approximate surface area is 118 Å². The van der Waals surface area contributed by atoms with Crippen LogP contribution >= 0.6 is 11.3 Å². The van der Waals surface area contributed by atoms with Gasteiger partial charge in [0, 0.05) is 28.9 Å². The second-order valence-electron chi connectivity index (χ2n) is 5.14. The Kier molecular flexibility index (Phi) is 4.96. The lowest BCUT2D eigenvalue weighted by Gasteiger charge is -2.32. The van der Waals surface area contributed by atoms with Crippen LogP contribution in [0.15, 0.2) is 12.1 Å². The fourth-order valence-corrected chi connectivity index (χ4v) is 3.05. The smallest absolute Gasteiger partial charge is 0.253 e. The van der Waals surface area contributed by atoms with Gasteiger partial charge in [-0.3, -0.25) is 4.79 Å². The van der Waals surface area contributed by atoms with Crippen molar-refractivity contribution in [1.82, 2.24) is 10.2 Å². The highest BCUT2D eigenvalue weighted by Crippen LogP contribution is 2.19. The summed E-state index contributed by atoms with van der Waals surface area (Å²) in [4.78, 5) is 16.9. The molecular formula is C14H22N2O2S. The molecule has 0 bridgehead atoms. The van der Waals surface area contributed by atoms with Gasteiger partial charge in [0.05, 0.1) is 13.2 Å². The number of rotatable bonds is 4. The van der Waals surface area contributed by atoms with Crippen LogP contribution in [0.5, 0.6) is 0 Å². The molecule has 4 nitrogen and oxygen atoms in total. The number of thiophene rings is 1. The molecule has 19 heavy (non-hydrogen) atoms. The number of nitrogens with one attached hydrogen (secondary N) is 1. The van der Waals surface area contributed by atoms with E-state index in [0.29, 0.717) is 19.7 Å². The van der Waals surface area contributed by atoms with Crippen molar-refractivity contribution in [2.24, 2.45) is 0 Å². The van der Waals surface area contributed by atoms with Crippen molar-refractivity contribution in [3.8, 4) is 0 Å². The van der Waals surface area contributed by atoms with Crippen LogP contribution in [0.4, 0.5) is 0 Å². The summed E-state index contributed by atoms with van der Waals surface area (Å²) in [5, 5.41) is 3.21. The third kappa shape index (κ3) is 3.78. The van der Waals surface area contributed by atoms with Gasteiger partial charge in [0.2, 0.25) is 0 Å². The van der Waals surface area contributed by atoms with Crippen molar-refractivity contribution in [2.45, 2.75) is 39.5 Å². The highest BCUT2D eigenvalue weighted by Gasteiger charge is 2.28. The molecule has 1 N–H and O–H groups in total. The molecule has 1 unspecified atom stereocenters. The second kappa shape index (κ2) is 6.50.